The number of nitrogens with zero attached hydrogens (tertiary/aromatic N) is 3. The number of rotatable bonds is 4. The number of nitrogens with two attached hydrogens (primary N) is 1. The lowest BCUT2D eigenvalue weighted by Crippen LogP contribution is -2.54. The molecular weight excluding hydrogens is 336 g/mol. The summed E-state index contributed by atoms with van der Waals surface area (Å²) in [6, 6.07) is 6.34. The van der Waals surface area contributed by atoms with E-state index >= 15 is 0 Å². The van der Waals surface area contributed by atoms with Crippen LogP contribution in [-0.2, 0) is 19.6 Å². The van der Waals surface area contributed by atoms with E-state index in [1.165, 1.54) is 21.3 Å². The Morgan fingerprint density at radius 3 is 2.46 bits per heavy atom. The number of hydrogen-bond acceptors (Lipinski definition) is 5. The van der Waals surface area contributed by atoms with Crippen LogP contribution in [0.1, 0.15) is 0 Å². The predicted molar refractivity (Wildman–Crippen MR) is 82.0 cm³/mol. The fraction of sp³-hybridized carbons (Fsp3) is 0.357. The van der Waals surface area contributed by atoms with E-state index in [9.17, 15) is 22.8 Å². The van der Waals surface area contributed by atoms with E-state index in [0.717, 1.165) is 4.90 Å². The summed E-state index contributed by atoms with van der Waals surface area (Å²) in [7, 11) is -3.75. The van der Waals surface area contributed by atoms with Crippen molar-refractivity contribution in [2.24, 2.45) is 5.73 Å². The van der Waals surface area contributed by atoms with Crippen molar-refractivity contribution in [1.29, 1.82) is 0 Å². The van der Waals surface area contributed by atoms with Crippen LogP contribution in [0.2, 0.25) is 0 Å². The molecule has 0 bridgehead atoms. The van der Waals surface area contributed by atoms with E-state index < -0.39 is 40.5 Å². The van der Waals surface area contributed by atoms with Gasteiger partial charge in [0.15, 0.2) is 0 Å². The quantitative estimate of drug-likeness (QED) is 0.683. The Balaban J connectivity index is 1.83. The molecule has 1 aromatic carbocycles. The van der Waals surface area contributed by atoms with E-state index in [0.29, 0.717) is 0 Å². The number of hydrogen-bond donors (Lipinski definition) is 1. The van der Waals surface area contributed by atoms with Crippen LogP contribution in [-0.4, -0.2) is 72.6 Å². The van der Waals surface area contributed by atoms with Gasteiger partial charge < -0.3 is 10.6 Å². The normalized spacial score (nSPS) is 21.9. The molecule has 3 rings (SSSR count). The number of carbonyl (C=O) groups is 3. The number of urea groups is 1. The molecule has 2 fully saturated rings. The number of carbonyl (C=O) groups excluding carboxylic acids is 3. The molecule has 10 heteroatoms. The summed E-state index contributed by atoms with van der Waals surface area (Å²) in [5, 5.41) is 0. The van der Waals surface area contributed by atoms with Gasteiger partial charge in [0.05, 0.1) is 4.90 Å². The van der Waals surface area contributed by atoms with E-state index in [4.69, 9.17) is 5.73 Å². The second kappa shape index (κ2) is 5.87. The molecule has 4 amide bonds. The molecule has 9 nitrogen and oxygen atoms in total. The van der Waals surface area contributed by atoms with Crippen LogP contribution < -0.4 is 5.73 Å². The van der Waals surface area contributed by atoms with Gasteiger partial charge in [0.2, 0.25) is 15.9 Å². The molecule has 24 heavy (non-hydrogen) atoms. The molecule has 128 valence electrons. The highest BCUT2D eigenvalue weighted by Crippen LogP contribution is 2.25. The number of imide groups is 1. The molecule has 0 aromatic heterocycles. The van der Waals surface area contributed by atoms with Crippen molar-refractivity contribution in [2.45, 2.75) is 10.9 Å². The van der Waals surface area contributed by atoms with Crippen molar-refractivity contribution < 1.29 is 22.8 Å². The highest BCUT2D eigenvalue weighted by molar-refractivity contribution is 7.89. The number of amides is 4. The van der Waals surface area contributed by atoms with Crippen molar-refractivity contribution in [2.75, 3.05) is 26.2 Å². The lowest BCUT2D eigenvalue weighted by molar-refractivity contribution is -0.132. The summed E-state index contributed by atoms with van der Waals surface area (Å²) in [4.78, 5) is 37.7. The Bertz CT molecular complexity index is 795. The summed E-state index contributed by atoms with van der Waals surface area (Å²) in [5.41, 5.74) is 5.05. The highest BCUT2D eigenvalue weighted by Gasteiger charge is 2.49. The van der Waals surface area contributed by atoms with Gasteiger partial charge in [0.25, 0.3) is 5.91 Å². The fourth-order valence-electron chi connectivity index (χ4n) is 2.89. The molecule has 1 aromatic rings. The maximum atomic E-state index is 12.6. The monoisotopic (exact) mass is 352 g/mol. The summed E-state index contributed by atoms with van der Waals surface area (Å²) < 4.78 is 26.5. The van der Waals surface area contributed by atoms with E-state index in [1.54, 1.807) is 18.2 Å². The zero-order valence-corrected chi connectivity index (χ0v) is 13.5. The number of piperazine rings is 1. The van der Waals surface area contributed by atoms with Gasteiger partial charge in [-0.2, -0.15) is 4.31 Å². The number of benzene rings is 1. The third-order valence-corrected chi connectivity index (χ3v) is 5.95. The van der Waals surface area contributed by atoms with Gasteiger partial charge in [0.1, 0.15) is 12.6 Å². The van der Waals surface area contributed by atoms with Crippen molar-refractivity contribution in [3.05, 3.63) is 30.3 Å². The van der Waals surface area contributed by atoms with Crippen LogP contribution in [0.4, 0.5) is 4.79 Å². The Kier molecular flexibility index (Phi) is 4.01. The van der Waals surface area contributed by atoms with Crippen LogP contribution in [0.25, 0.3) is 0 Å². The molecule has 2 heterocycles. The van der Waals surface area contributed by atoms with E-state index in [1.807, 2.05) is 0 Å². The van der Waals surface area contributed by atoms with Gasteiger partial charge in [-0.25, -0.2) is 13.2 Å². The van der Waals surface area contributed by atoms with Crippen molar-refractivity contribution in [3.8, 4) is 0 Å². The average Bonchev–Trinajstić information content (AvgIpc) is 2.80. The average molecular weight is 352 g/mol. The first-order valence-corrected chi connectivity index (χ1v) is 8.72. The minimum Gasteiger partial charge on any atom is -0.368 e. The standard InChI is InChI=1S/C14H16N4O5S/c15-12(19)9-18-13(20)11-8-16(6-7-17(11)14(18)21)24(22,23)10-4-2-1-3-5-10/h1-5,11H,6-9H2,(H2,15,19)/t11-/m0/s1. The Labute approximate surface area is 138 Å². The molecule has 2 N–H and O–H groups in total. The third-order valence-electron chi connectivity index (χ3n) is 4.07. The summed E-state index contributed by atoms with van der Waals surface area (Å²) in [6.07, 6.45) is 0. The van der Waals surface area contributed by atoms with E-state index in [2.05, 4.69) is 0 Å². The summed E-state index contributed by atoms with van der Waals surface area (Å²) in [6.45, 7) is -0.485. The third kappa shape index (κ3) is 2.63. The lowest BCUT2D eigenvalue weighted by atomic mass is 10.2. The molecule has 2 aliphatic heterocycles. The molecule has 2 aliphatic rings. The summed E-state index contributed by atoms with van der Waals surface area (Å²) in [5.74, 6) is -1.41. The Morgan fingerprint density at radius 1 is 1.17 bits per heavy atom. The number of sulfonamides is 1. The first kappa shape index (κ1) is 16.4. The molecule has 2 saturated heterocycles. The predicted octanol–water partition coefficient (Wildman–Crippen LogP) is -1.19. The van der Waals surface area contributed by atoms with Crippen LogP contribution in [0.3, 0.4) is 0 Å². The van der Waals surface area contributed by atoms with E-state index in [-0.39, 0.29) is 24.5 Å². The van der Waals surface area contributed by atoms with Crippen LogP contribution in [0.15, 0.2) is 35.2 Å². The van der Waals surface area contributed by atoms with Gasteiger partial charge in [-0.1, -0.05) is 18.2 Å². The van der Waals surface area contributed by atoms with Crippen LogP contribution >= 0.6 is 0 Å². The largest absolute Gasteiger partial charge is 0.368 e. The minimum absolute atomic E-state index is 0.0799. The maximum absolute atomic E-state index is 12.6. The maximum Gasteiger partial charge on any atom is 0.328 e. The van der Waals surface area contributed by atoms with Crippen molar-refractivity contribution in [3.63, 3.8) is 0 Å². The molecular formula is C14H16N4O5S. The summed E-state index contributed by atoms with van der Waals surface area (Å²) >= 11 is 0. The highest BCUT2D eigenvalue weighted by atomic mass is 32.2. The van der Waals surface area contributed by atoms with Gasteiger partial charge in [-0.3, -0.25) is 14.5 Å². The Morgan fingerprint density at radius 2 is 1.83 bits per heavy atom. The van der Waals surface area contributed by atoms with Gasteiger partial charge in [-0.15, -0.1) is 0 Å². The number of primary amides is 1. The molecule has 0 spiro atoms. The Hall–Kier alpha value is -2.46. The molecule has 0 aliphatic carbocycles. The second-order valence-corrected chi connectivity index (χ2v) is 7.50. The zero-order chi connectivity index (χ0) is 17.5. The van der Waals surface area contributed by atoms with Gasteiger partial charge in [-0.05, 0) is 12.1 Å². The molecule has 1 atom stereocenters. The minimum atomic E-state index is -3.75. The molecule has 0 unspecified atom stereocenters. The van der Waals surface area contributed by atoms with Crippen molar-refractivity contribution in [1.82, 2.24) is 14.1 Å². The number of fused-ring (bicyclic) bond motifs is 1. The SMILES string of the molecule is NC(=O)CN1C(=O)[C@@H]2CN(S(=O)(=O)c3ccccc3)CCN2C1=O. The lowest BCUT2D eigenvalue weighted by Gasteiger charge is -2.34. The zero-order valence-electron chi connectivity index (χ0n) is 12.7. The van der Waals surface area contributed by atoms with Crippen LogP contribution in [0, 0.1) is 0 Å². The first-order chi connectivity index (χ1) is 11.3. The topological polar surface area (TPSA) is 121 Å². The van der Waals surface area contributed by atoms with Gasteiger partial charge in [0, 0.05) is 19.6 Å². The molecule has 0 saturated carbocycles. The fourth-order valence-corrected chi connectivity index (χ4v) is 4.35. The molecule has 0 radical (unpaired) electrons. The first-order valence-electron chi connectivity index (χ1n) is 7.28. The van der Waals surface area contributed by atoms with Crippen molar-refractivity contribution >= 4 is 27.9 Å². The van der Waals surface area contributed by atoms with Gasteiger partial charge >= 0.3 is 6.03 Å². The smallest absolute Gasteiger partial charge is 0.328 e. The van der Waals surface area contributed by atoms with Crippen LogP contribution in [0.5, 0.6) is 0 Å². The second-order valence-electron chi connectivity index (χ2n) is 5.56.